The Labute approximate surface area is 310 Å². The Bertz CT molecular complexity index is 2020. The van der Waals surface area contributed by atoms with Crippen LogP contribution < -0.4 is 24.3 Å². The molecule has 0 saturated heterocycles. The lowest BCUT2D eigenvalue weighted by Crippen LogP contribution is -2.46. The van der Waals surface area contributed by atoms with Gasteiger partial charge in [-0.2, -0.15) is 0 Å². The zero-order chi connectivity index (χ0) is 38.8. The summed E-state index contributed by atoms with van der Waals surface area (Å²) in [7, 11) is 2.66. The first-order valence-electron chi connectivity index (χ1n) is 17.0. The first-order chi connectivity index (χ1) is 26.1. The van der Waals surface area contributed by atoms with Crippen molar-refractivity contribution in [1.29, 1.82) is 0 Å². The zero-order valence-corrected chi connectivity index (χ0v) is 29.7. The van der Waals surface area contributed by atoms with Crippen LogP contribution in [0.25, 0.3) is 0 Å². The molecule has 0 radical (unpaired) electrons. The number of aliphatic hydroxyl groups is 2. The van der Waals surface area contributed by atoms with Crippen molar-refractivity contribution in [2.75, 3.05) is 40.6 Å². The molecule has 4 aromatic carbocycles. The van der Waals surface area contributed by atoms with Gasteiger partial charge in [0, 0.05) is 38.2 Å². The van der Waals surface area contributed by atoms with Crippen LogP contribution >= 0.6 is 0 Å². The van der Waals surface area contributed by atoms with E-state index in [-0.39, 0.29) is 80.1 Å². The van der Waals surface area contributed by atoms with Crippen LogP contribution in [0.5, 0.6) is 23.0 Å². The number of hydrogen-bond acceptors (Lipinski definition) is 12. The van der Waals surface area contributed by atoms with E-state index in [1.165, 1.54) is 31.3 Å². The number of methoxy groups -OCH3 is 2. The molecule has 1 heterocycles. The standard InChI is InChI=1S/C38H40N4O12/c1-51-33-17-29(37(45)39-21-26-10-5-3-8-24(26)12-13-43)31(41(47)48)19-35(33)53-14-7-15-54-36-20-32(42(49)50)30(18-34(36)52-2)38(46)40-22-27-11-6-4-9-25(27)16-28(40)23-44/h3-6,8-11,17-20,28,43-44H,7,12-16,21-23H2,1-2H3,(H,39,45). The SMILES string of the molecule is COc1cc(C(=O)NCc2ccccc2CCO)c([N+](=O)[O-])cc1OCCCOc1cc([N+](=O)[O-])c(C(=O)N2Cc3ccccc3CC2CO)cc1OC. The second-order valence-corrected chi connectivity index (χ2v) is 12.3. The largest absolute Gasteiger partial charge is 0.493 e. The second kappa shape index (κ2) is 18.0. The summed E-state index contributed by atoms with van der Waals surface area (Å²) in [6.07, 6.45) is 0.988. The second-order valence-electron chi connectivity index (χ2n) is 12.3. The highest BCUT2D eigenvalue weighted by atomic mass is 16.6. The highest BCUT2D eigenvalue weighted by molar-refractivity contribution is 6.00. The van der Waals surface area contributed by atoms with E-state index in [9.17, 15) is 40.0 Å². The van der Waals surface area contributed by atoms with Gasteiger partial charge in [0.25, 0.3) is 23.2 Å². The number of aliphatic hydroxyl groups excluding tert-OH is 2. The molecule has 284 valence electrons. The van der Waals surface area contributed by atoms with Gasteiger partial charge in [0.2, 0.25) is 0 Å². The molecule has 4 aromatic rings. The number of carbonyl (C=O) groups excluding carboxylic acids is 2. The van der Waals surface area contributed by atoms with Crippen molar-refractivity contribution in [1.82, 2.24) is 10.2 Å². The fraction of sp³-hybridized carbons (Fsp3) is 0.316. The topological polar surface area (TPSA) is 213 Å². The lowest BCUT2D eigenvalue weighted by Gasteiger charge is -2.36. The molecule has 0 spiro atoms. The Morgan fingerprint density at radius 1 is 0.796 bits per heavy atom. The van der Waals surface area contributed by atoms with Crippen molar-refractivity contribution in [2.45, 2.75) is 38.4 Å². The van der Waals surface area contributed by atoms with Crippen molar-refractivity contribution >= 4 is 23.2 Å². The van der Waals surface area contributed by atoms with Gasteiger partial charge in [0.1, 0.15) is 11.1 Å². The molecule has 0 aliphatic carbocycles. The molecule has 2 amide bonds. The predicted molar refractivity (Wildman–Crippen MR) is 194 cm³/mol. The van der Waals surface area contributed by atoms with Crippen LogP contribution in [-0.4, -0.2) is 83.5 Å². The molecule has 0 bridgehead atoms. The number of nitro benzene ring substituents is 2. The number of rotatable bonds is 17. The third kappa shape index (κ3) is 8.85. The van der Waals surface area contributed by atoms with Gasteiger partial charge in [-0.25, -0.2) is 0 Å². The summed E-state index contributed by atoms with van der Waals surface area (Å²) in [5.41, 5.74) is 2.00. The number of hydrogen-bond donors (Lipinski definition) is 3. The zero-order valence-electron chi connectivity index (χ0n) is 29.7. The fourth-order valence-electron chi connectivity index (χ4n) is 6.23. The monoisotopic (exact) mass is 744 g/mol. The summed E-state index contributed by atoms with van der Waals surface area (Å²) in [6.45, 7) is -0.204. The van der Waals surface area contributed by atoms with Crippen molar-refractivity contribution in [2.24, 2.45) is 0 Å². The molecular formula is C38H40N4O12. The highest BCUT2D eigenvalue weighted by Crippen LogP contribution is 2.38. The van der Waals surface area contributed by atoms with Crippen LogP contribution in [-0.2, 0) is 25.9 Å². The van der Waals surface area contributed by atoms with Gasteiger partial charge in [-0.3, -0.25) is 29.8 Å². The van der Waals surface area contributed by atoms with E-state index >= 15 is 0 Å². The maximum absolute atomic E-state index is 13.7. The Kier molecular flexibility index (Phi) is 13.0. The van der Waals surface area contributed by atoms with Gasteiger partial charge in [-0.05, 0) is 35.1 Å². The molecular weight excluding hydrogens is 704 g/mol. The highest BCUT2D eigenvalue weighted by Gasteiger charge is 2.34. The number of fused-ring (bicyclic) bond motifs is 1. The maximum atomic E-state index is 13.7. The first kappa shape index (κ1) is 39.0. The van der Waals surface area contributed by atoms with Gasteiger partial charge in [0.05, 0.1) is 62.1 Å². The van der Waals surface area contributed by atoms with Gasteiger partial charge in [-0.15, -0.1) is 0 Å². The average Bonchev–Trinajstić information content (AvgIpc) is 3.18. The van der Waals surface area contributed by atoms with Crippen LogP contribution in [0.15, 0.2) is 72.8 Å². The molecule has 3 N–H and O–H groups in total. The van der Waals surface area contributed by atoms with Crippen molar-refractivity contribution in [3.05, 3.63) is 126 Å². The first-order valence-corrected chi connectivity index (χ1v) is 17.0. The number of carbonyl (C=O) groups is 2. The van der Waals surface area contributed by atoms with E-state index < -0.39 is 39.1 Å². The fourth-order valence-corrected chi connectivity index (χ4v) is 6.23. The smallest absolute Gasteiger partial charge is 0.286 e. The van der Waals surface area contributed by atoms with E-state index in [1.807, 2.05) is 36.4 Å². The van der Waals surface area contributed by atoms with Crippen molar-refractivity contribution < 1.29 is 48.6 Å². The molecule has 1 aliphatic rings. The molecule has 16 heteroatoms. The van der Waals surface area contributed by atoms with E-state index in [0.717, 1.165) is 34.4 Å². The minimum absolute atomic E-state index is 0.00557. The van der Waals surface area contributed by atoms with Crippen LogP contribution in [0.2, 0.25) is 0 Å². The van der Waals surface area contributed by atoms with Crippen LogP contribution in [0.4, 0.5) is 11.4 Å². The molecule has 0 saturated carbocycles. The minimum Gasteiger partial charge on any atom is -0.493 e. The molecule has 1 aliphatic heterocycles. The predicted octanol–water partition coefficient (Wildman–Crippen LogP) is 4.39. The summed E-state index contributed by atoms with van der Waals surface area (Å²) < 4.78 is 22.4. The number of benzene rings is 4. The third-order valence-electron chi connectivity index (χ3n) is 9.00. The number of amides is 2. The molecule has 1 atom stereocenters. The van der Waals surface area contributed by atoms with Gasteiger partial charge >= 0.3 is 0 Å². The van der Waals surface area contributed by atoms with E-state index in [0.29, 0.717) is 12.8 Å². The number of nitrogens with one attached hydrogen (secondary N) is 1. The van der Waals surface area contributed by atoms with Gasteiger partial charge < -0.3 is 39.4 Å². The molecule has 0 fully saturated rings. The minimum atomic E-state index is -0.705. The summed E-state index contributed by atoms with van der Waals surface area (Å²) in [5, 5.41) is 46.2. The summed E-state index contributed by atoms with van der Waals surface area (Å²) in [4.78, 5) is 51.0. The number of nitrogens with zero attached hydrogens (tertiary/aromatic N) is 3. The number of nitro groups is 2. The van der Waals surface area contributed by atoms with Crippen LogP contribution in [0, 0.1) is 20.2 Å². The third-order valence-corrected chi connectivity index (χ3v) is 9.00. The average molecular weight is 745 g/mol. The summed E-state index contributed by atoms with van der Waals surface area (Å²) in [5.74, 6) is -1.18. The normalized spacial score (nSPS) is 13.4. The molecule has 16 nitrogen and oxygen atoms in total. The molecule has 1 unspecified atom stereocenters. The van der Waals surface area contributed by atoms with E-state index in [4.69, 9.17) is 18.9 Å². The van der Waals surface area contributed by atoms with Gasteiger partial charge in [0.15, 0.2) is 23.0 Å². The Hall–Kier alpha value is -6.26. The summed E-state index contributed by atoms with van der Waals surface area (Å²) in [6, 6.07) is 18.8. The Morgan fingerprint density at radius 3 is 1.93 bits per heavy atom. The molecule has 54 heavy (non-hydrogen) atoms. The van der Waals surface area contributed by atoms with Gasteiger partial charge in [-0.1, -0.05) is 48.5 Å². The van der Waals surface area contributed by atoms with Crippen LogP contribution in [0.1, 0.15) is 49.4 Å². The lowest BCUT2D eigenvalue weighted by molar-refractivity contribution is -0.385. The summed E-state index contributed by atoms with van der Waals surface area (Å²) >= 11 is 0. The van der Waals surface area contributed by atoms with Crippen molar-refractivity contribution in [3.8, 4) is 23.0 Å². The van der Waals surface area contributed by atoms with E-state index in [1.54, 1.807) is 12.1 Å². The lowest BCUT2D eigenvalue weighted by atomic mass is 9.93. The molecule has 0 aromatic heterocycles. The van der Waals surface area contributed by atoms with Crippen LogP contribution in [0.3, 0.4) is 0 Å². The number of ether oxygens (including phenoxy) is 4. The quantitative estimate of drug-likeness (QED) is 0.0780. The Morgan fingerprint density at radius 2 is 1.35 bits per heavy atom. The van der Waals surface area contributed by atoms with E-state index in [2.05, 4.69) is 5.32 Å². The molecule has 5 rings (SSSR count). The maximum Gasteiger partial charge on any atom is 0.286 e. The van der Waals surface area contributed by atoms with Crippen molar-refractivity contribution in [3.63, 3.8) is 0 Å². The Balaban J connectivity index is 1.25.